The van der Waals surface area contributed by atoms with Crippen LogP contribution in [0.1, 0.15) is 35.7 Å². The molecule has 0 saturated heterocycles. The maximum atomic E-state index is 13.2. The number of nitrogens with zero attached hydrogens (tertiary/aromatic N) is 2. The molecule has 0 atom stereocenters. The van der Waals surface area contributed by atoms with Gasteiger partial charge in [-0.25, -0.2) is 8.78 Å². The third kappa shape index (κ3) is 3.42. The first-order valence-corrected chi connectivity index (χ1v) is 6.70. The smallest absolute Gasteiger partial charge is 0.280 e. The number of hydrogen-bond donors (Lipinski definition) is 1. The van der Waals surface area contributed by atoms with Crippen LogP contribution in [0.5, 0.6) is 0 Å². The fraction of sp³-hybridized carbons (Fsp3) is 0.400. The summed E-state index contributed by atoms with van der Waals surface area (Å²) in [4.78, 5) is 0. The molecule has 2 rings (SSSR count). The molecule has 0 radical (unpaired) electrons. The SMILES string of the molecule is CCNCc1cnn(Cc2ccc(C)cc2)c1C(F)F. The molecule has 0 bridgehead atoms. The lowest BCUT2D eigenvalue weighted by Gasteiger charge is -2.09. The van der Waals surface area contributed by atoms with Gasteiger partial charge in [-0.2, -0.15) is 5.10 Å². The van der Waals surface area contributed by atoms with Crippen LogP contribution in [0.4, 0.5) is 8.78 Å². The van der Waals surface area contributed by atoms with Crippen molar-refractivity contribution in [2.45, 2.75) is 33.4 Å². The number of halogens is 2. The van der Waals surface area contributed by atoms with Crippen LogP contribution in [0.3, 0.4) is 0 Å². The van der Waals surface area contributed by atoms with E-state index in [0.717, 1.165) is 17.7 Å². The number of rotatable bonds is 6. The third-order valence-corrected chi connectivity index (χ3v) is 3.19. The second-order valence-corrected chi connectivity index (χ2v) is 4.78. The summed E-state index contributed by atoms with van der Waals surface area (Å²) in [6.07, 6.45) is -0.991. The summed E-state index contributed by atoms with van der Waals surface area (Å²) in [5.74, 6) is 0. The van der Waals surface area contributed by atoms with Crippen molar-refractivity contribution in [1.29, 1.82) is 0 Å². The monoisotopic (exact) mass is 279 g/mol. The van der Waals surface area contributed by atoms with Crippen LogP contribution < -0.4 is 5.32 Å². The number of benzene rings is 1. The molecule has 0 fully saturated rings. The van der Waals surface area contributed by atoms with Crippen LogP contribution in [0.15, 0.2) is 30.5 Å². The quantitative estimate of drug-likeness (QED) is 0.879. The molecule has 1 aromatic carbocycles. The maximum absolute atomic E-state index is 13.2. The minimum absolute atomic E-state index is 0.00604. The minimum atomic E-state index is -2.52. The van der Waals surface area contributed by atoms with Crippen molar-refractivity contribution in [2.75, 3.05) is 6.54 Å². The zero-order valence-electron chi connectivity index (χ0n) is 11.7. The minimum Gasteiger partial charge on any atom is -0.313 e. The summed E-state index contributed by atoms with van der Waals surface area (Å²) in [5, 5.41) is 7.16. The van der Waals surface area contributed by atoms with Crippen LogP contribution >= 0.6 is 0 Å². The van der Waals surface area contributed by atoms with Gasteiger partial charge in [-0.1, -0.05) is 36.8 Å². The second-order valence-electron chi connectivity index (χ2n) is 4.78. The first-order chi connectivity index (χ1) is 9.61. The molecule has 0 unspecified atom stereocenters. The maximum Gasteiger partial charge on any atom is 0.280 e. The first-order valence-electron chi connectivity index (χ1n) is 6.70. The fourth-order valence-electron chi connectivity index (χ4n) is 2.07. The molecule has 0 aliphatic heterocycles. The highest BCUT2D eigenvalue weighted by molar-refractivity contribution is 5.24. The Morgan fingerprint density at radius 1 is 1.25 bits per heavy atom. The van der Waals surface area contributed by atoms with Gasteiger partial charge in [-0.15, -0.1) is 0 Å². The van der Waals surface area contributed by atoms with E-state index in [1.807, 2.05) is 38.1 Å². The Kier molecular flexibility index (Phi) is 4.84. The van der Waals surface area contributed by atoms with E-state index in [9.17, 15) is 8.78 Å². The van der Waals surface area contributed by atoms with Crippen LogP contribution in [0.25, 0.3) is 0 Å². The van der Waals surface area contributed by atoms with Gasteiger partial charge in [0.1, 0.15) is 5.69 Å². The summed E-state index contributed by atoms with van der Waals surface area (Å²) in [7, 11) is 0. The summed E-state index contributed by atoms with van der Waals surface area (Å²) < 4.78 is 27.8. The van der Waals surface area contributed by atoms with Crippen molar-refractivity contribution in [3.05, 3.63) is 52.8 Å². The van der Waals surface area contributed by atoms with E-state index in [4.69, 9.17) is 0 Å². The van der Waals surface area contributed by atoms with Gasteiger partial charge in [-0.3, -0.25) is 4.68 Å². The van der Waals surface area contributed by atoms with Crippen LogP contribution in [0, 0.1) is 6.92 Å². The van der Waals surface area contributed by atoms with E-state index in [1.165, 1.54) is 10.9 Å². The van der Waals surface area contributed by atoms with Crippen LogP contribution in [-0.4, -0.2) is 16.3 Å². The van der Waals surface area contributed by atoms with E-state index in [2.05, 4.69) is 10.4 Å². The van der Waals surface area contributed by atoms with Crippen molar-refractivity contribution >= 4 is 0 Å². The number of hydrogen-bond acceptors (Lipinski definition) is 2. The van der Waals surface area contributed by atoms with Crippen LogP contribution in [-0.2, 0) is 13.1 Å². The van der Waals surface area contributed by atoms with Gasteiger partial charge >= 0.3 is 0 Å². The number of nitrogens with one attached hydrogen (secondary N) is 1. The largest absolute Gasteiger partial charge is 0.313 e. The van der Waals surface area contributed by atoms with Crippen LogP contribution in [0.2, 0.25) is 0 Å². The standard InChI is InChI=1S/C15H19F2N3/c1-3-18-8-13-9-19-20(14(13)15(16)17)10-12-6-4-11(2)5-7-12/h4-7,9,15,18H,3,8,10H2,1-2H3. The molecule has 0 aliphatic carbocycles. The van der Waals surface area contributed by atoms with Gasteiger partial charge in [-0.05, 0) is 19.0 Å². The molecule has 1 aromatic heterocycles. The van der Waals surface area contributed by atoms with Crippen molar-refractivity contribution in [2.24, 2.45) is 0 Å². The third-order valence-electron chi connectivity index (χ3n) is 3.19. The molecule has 20 heavy (non-hydrogen) atoms. The molecule has 1 N–H and O–H groups in total. The van der Waals surface area contributed by atoms with Gasteiger partial charge in [0.2, 0.25) is 0 Å². The molecule has 0 spiro atoms. The molecule has 5 heteroatoms. The van der Waals surface area contributed by atoms with E-state index < -0.39 is 6.43 Å². The van der Waals surface area contributed by atoms with E-state index >= 15 is 0 Å². The Hall–Kier alpha value is -1.75. The van der Waals surface area contributed by atoms with Crippen molar-refractivity contribution in [3.63, 3.8) is 0 Å². The molecule has 3 nitrogen and oxygen atoms in total. The first kappa shape index (κ1) is 14.7. The molecule has 0 saturated carbocycles. The highest BCUT2D eigenvalue weighted by Gasteiger charge is 2.19. The van der Waals surface area contributed by atoms with Crippen molar-refractivity contribution in [3.8, 4) is 0 Å². The molecule has 0 aliphatic rings. The summed E-state index contributed by atoms with van der Waals surface area (Å²) >= 11 is 0. The summed E-state index contributed by atoms with van der Waals surface area (Å²) in [6, 6.07) is 7.83. The number of alkyl halides is 2. The van der Waals surface area contributed by atoms with E-state index in [1.54, 1.807) is 0 Å². The lowest BCUT2D eigenvalue weighted by atomic mass is 10.1. The van der Waals surface area contributed by atoms with Gasteiger partial charge in [0.25, 0.3) is 6.43 Å². The Morgan fingerprint density at radius 2 is 1.95 bits per heavy atom. The molecular weight excluding hydrogens is 260 g/mol. The Balaban J connectivity index is 2.22. The molecular formula is C15H19F2N3. The summed E-state index contributed by atoms with van der Waals surface area (Å²) in [5.41, 5.74) is 2.69. The topological polar surface area (TPSA) is 29.9 Å². The highest BCUT2D eigenvalue weighted by atomic mass is 19.3. The predicted octanol–water partition coefficient (Wildman–Crippen LogP) is 3.29. The lowest BCUT2D eigenvalue weighted by molar-refractivity contribution is 0.138. The molecule has 0 amide bonds. The normalized spacial score (nSPS) is 11.2. The van der Waals surface area contributed by atoms with E-state index in [0.29, 0.717) is 18.7 Å². The van der Waals surface area contributed by atoms with Crippen molar-refractivity contribution in [1.82, 2.24) is 15.1 Å². The van der Waals surface area contributed by atoms with Gasteiger partial charge in [0.05, 0.1) is 12.7 Å². The van der Waals surface area contributed by atoms with Gasteiger partial charge < -0.3 is 5.32 Å². The van der Waals surface area contributed by atoms with E-state index in [-0.39, 0.29) is 5.69 Å². The Morgan fingerprint density at radius 3 is 2.55 bits per heavy atom. The Bertz CT molecular complexity index is 547. The average molecular weight is 279 g/mol. The zero-order valence-corrected chi connectivity index (χ0v) is 11.7. The molecule has 2 aromatic rings. The second kappa shape index (κ2) is 6.61. The van der Waals surface area contributed by atoms with Gasteiger partial charge in [0.15, 0.2) is 0 Å². The highest BCUT2D eigenvalue weighted by Crippen LogP contribution is 2.23. The molecule has 108 valence electrons. The summed E-state index contributed by atoms with van der Waals surface area (Å²) in [6.45, 7) is 5.47. The fourth-order valence-corrected chi connectivity index (χ4v) is 2.07. The predicted molar refractivity (Wildman–Crippen MR) is 74.8 cm³/mol. The Labute approximate surface area is 117 Å². The van der Waals surface area contributed by atoms with Gasteiger partial charge in [0, 0.05) is 12.1 Å². The number of aryl methyl sites for hydroxylation is 1. The van der Waals surface area contributed by atoms with Crippen molar-refractivity contribution < 1.29 is 8.78 Å². The number of aromatic nitrogens is 2. The average Bonchev–Trinajstić information content (AvgIpc) is 2.82. The lowest BCUT2D eigenvalue weighted by Crippen LogP contribution is -2.14. The molecule has 1 heterocycles. The zero-order chi connectivity index (χ0) is 14.5.